The molecular weight excluding hydrogens is 509 g/mol. The van der Waals surface area contributed by atoms with Crippen LogP contribution in [-0.4, -0.2) is 45.6 Å². The number of allylic oxidation sites excluding steroid dienone is 1. The lowest BCUT2D eigenvalue weighted by atomic mass is 10.0. The average Bonchev–Trinajstić information content (AvgIpc) is 3.42. The number of likely N-dealkylation sites (tertiary alicyclic amines) is 1. The van der Waals surface area contributed by atoms with Crippen molar-refractivity contribution >= 4 is 23.3 Å². The molecule has 1 atom stereocenters. The molecule has 4 N–H and O–H groups in total. The SMILES string of the molecule is C/C=C(\C#N)C(=O)N1CCCC1CNc1ncnc(N)c1C(=N)c1ccc(Oc2ccccc2)cc1F.CCC. The van der Waals surface area contributed by atoms with E-state index in [2.05, 4.69) is 29.1 Å². The maximum Gasteiger partial charge on any atom is 0.264 e. The number of hydrogen-bond donors (Lipinski definition) is 3. The van der Waals surface area contributed by atoms with Crippen molar-refractivity contribution in [3.8, 4) is 17.6 Å². The monoisotopic (exact) mass is 543 g/mol. The fourth-order valence-corrected chi connectivity index (χ4v) is 4.22. The minimum Gasteiger partial charge on any atom is -0.457 e. The Morgan fingerprint density at radius 1 is 1.25 bits per heavy atom. The van der Waals surface area contributed by atoms with Gasteiger partial charge in [0.05, 0.1) is 11.3 Å². The second kappa shape index (κ2) is 14.4. The largest absolute Gasteiger partial charge is 0.457 e. The van der Waals surface area contributed by atoms with Crippen LogP contribution in [0.3, 0.4) is 0 Å². The van der Waals surface area contributed by atoms with Crippen LogP contribution in [0.25, 0.3) is 0 Å². The van der Waals surface area contributed by atoms with Crippen LogP contribution in [0.4, 0.5) is 16.0 Å². The number of ether oxygens (including phenoxy) is 1. The number of carbonyl (C=O) groups is 1. The number of nitriles is 1. The van der Waals surface area contributed by atoms with Crippen LogP contribution >= 0.6 is 0 Å². The van der Waals surface area contributed by atoms with Gasteiger partial charge in [-0.25, -0.2) is 14.4 Å². The van der Waals surface area contributed by atoms with Gasteiger partial charge in [-0.2, -0.15) is 5.26 Å². The molecule has 1 aromatic heterocycles. The van der Waals surface area contributed by atoms with Gasteiger partial charge in [0.25, 0.3) is 5.91 Å². The molecule has 1 saturated heterocycles. The molecule has 1 aliphatic heterocycles. The molecular formula is C30H34FN7O2. The van der Waals surface area contributed by atoms with E-state index in [9.17, 15) is 10.1 Å². The van der Waals surface area contributed by atoms with E-state index < -0.39 is 5.82 Å². The molecule has 4 rings (SSSR count). The summed E-state index contributed by atoms with van der Waals surface area (Å²) in [7, 11) is 0. The number of nitrogen functional groups attached to an aromatic ring is 1. The molecule has 0 saturated carbocycles. The highest BCUT2D eigenvalue weighted by atomic mass is 19.1. The summed E-state index contributed by atoms with van der Waals surface area (Å²) in [5.74, 6) is 0.159. The number of anilines is 2. The summed E-state index contributed by atoms with van der Waals surface area (Å²) in [6.07, 6.45) is 5.55. The Morgan fingerprint density at radius 3 is 2.62 bits per heavy atom. The third-order valence-electron chi connectivity index (χ3n) is 6.10. The van der Waals surface area contributed by atoms with E-state index in [1.165, 1.54) is 31.0 Å². The van der Waals surface area contributed by atoms with Gasteiger partial charge < -0.3 is 20.7 Å². The van der Waals surface area contributed by atoms with Crippen molar-refractivity contribution in [2.24, 2.45) is 0 Å². The Bertz CT molecular complexity index is 1400. The van der Waals surface area contributed by atoms with Crippen molar-refractivity contribution in [3.05, 3.63) is 83.5 Å². The van der Waals surface area contributed by atoms with Crippen LogP contribution in [0.1, 0.15) is 51.2 Å². The lowest BCUT2D eigenvalue weighted by molar-refractivity contribution is -0.127. The second-order valence-electron chi connectivity index (χ2n) is 9.11. The number of nitrogens with one attached hydrogen (secondary N) is 2. The molecule has 0 spiro atoms. The number of amides is 1. The summed E-state index contributed by atoms with van der Waals surface area (Å²) >= 11 is 0. The van der Waals surface area contributed by atoms with E-state index in [1.54, 1.807) is 30.0 Å². The second-order valence-corrected chi connectivity index (χ2v) is 9.11. The minimum absolute atomic E-state index is 0.00868. The summed E-state index contributed by atoms with van der Waals surface area (Å²) in [6.45, 7) is 6.76. The number of rotatable bonds is 8. The summed E-state index contributed by atoms with van der Waals surface area (Å²) in [4.78, 5) is 22.6. The predicted octanol–water partition coefficient (Wildman–Crippen LogP) is 5.70. The normalized spacial score (nSPS) is 14.5. The van der Waals surface area contributed by atoms with Crippen molar-refractivity contribution in [2.75, 3.05) is 24.1 Å². The first-order chi connectivity index (χ1) is 19.3. The molecule has 0 aliphatic carbocycles. The summed E-state index contributed by atoms with van der Waals surface area (Å²) in [5, 5.41) is 21.1. The smallest absolute Gasteiger partial charge is 0.264 e. The van der Waals surface area contributed by atoms with Gasteiger partial charge in [0, 0.05) is 30.8 Å². The molecule has 3 aromatic rings. The molecule has 1 aliphatic rings. The molecule has 1 amide bonds. The van der Waals surface area contributed by atoms with Crippen LogP contribution in [-0.2, 0) is 4.79 Å². The van der Waals surface area contributed by atoms with Gasteiger partial charge in [-0.1, -0.05) is 44.5 Å². The van der Waals surface area contributed by atoms with Gasteiger partial charge in [-0.05, 0) is 44.0 Å². The Balaban J connectivity index is 0.00000141. The topological polar surface area (TPSA) is 141 Å². The van der Waals surface area contributed by atoms with E-state index in [0.717, 1.165) is 12.8 Å². The number of hydrogen-bond acceptors (Lipinski definition) is 8. The molecule has 1 unspecified atom stereocenters. The third-order valence-corrected chi connectivity index (χ3v) is 6.10. The number of para-hydroxylation sites is 1. The summed E-state index contributed by atoms with van der Waals surface area (Å²) in [6, 6.07) is 15.0. The van der Waals surface area contributed by atoms with E-state index in [0.29, 0.717) is 24.6 Å². The molecule has 9 nitrogen and oxygen atoms in total. The van der Waals surface area contributed by atoms with Crippen LogP contribution in [0.2, 0.25) is 0 Å². The fourth-order valence-electron chi connectivity index (χ4n) is 4.22. The number of aromatic nitrogens is 2. The van der Waals surface area contributed by atoms with E-state index in [-0.39, 0.29) is 46.0 Å². The molecule has 0 radical (unpaired) electrons. The minimum atomic E-state index is -0.657. The van der Waals surface area contributed by atoms with Crippen LogP contribution < -0.4 is 15.8 Å². The predicted molar refractivity (Wildman–Crippen MR) is 154 cm³/mol. The molecule has 40 heavy (non-hydrogen) atoms. The Labute approximate surface area is 234 Å². The van der Waals surface area contributed by atoms with Gasteiger partial charge in [0.15, 0.2) is 0 Å². The standard InChI is InChI=1S/C27H26FN7O2.C3H8/c1-2-17(14-29)27(36)35-12-6-7-18(35)15-32-26-23(25(31)33-16-34-26)24(30)21-11-10-20(13-22(21)28)37-19-8-4-3-5-9-19;1-3-2/h2-5,8-11,13,16,18,30H,6-7,12,15H2,1H3,(H3,31,32,33,34);3H2,1-2H3/b17-2+,30-24?;. The fraction of sp³-hybridized carbons (Fsp3) is 0.300. The van der Waals surface area contributed by atoms with E-state index >= 15 is 4.39 Å². The van der Waals surface area contributed by atoms with Crippen molar-refractivity contribution in [1.82, 2.24) is 14.9 Å². The maximum atomic E-state index is 15.1. The number of halogens is 1. The Morgan fingerprint density at radius 2 is 1.98 bits per heavy atom. The number of benzene rings is 2. The molecule has 2 heterocycles. The first-order valence-electron chi connectivity index (χ1n) is 13.2. The zero-order chi connectivity index (χ0) is 29.1. The van der Waals surface area contributed by atoms with Gasteiger partial charge in [-0.15, -0.1) is 0 Å². The van der Waals surface area contributed by atoms with Crippen LogP contribution in [0, 0.1) is 22.6 Å². The zero-order valence-corrected chi connectivity index (χ0v) is 22.9. The van der Waals surface area contributed by atoms with Gasteiger partial charge in [-0.3, -0.25) is 10.2 Å². The van der Waals surface area contributed by atoms with Crippen molar-refractivity contribution in [3.63, 3.8) is 0 Å². The zero-order valence-electron chi connectivity index (χ0n) is 22.9. The van der Waals surface area contributed by atoms with Crippen molar-refractivity contribution in [1.29, 1.82) is 10.7 Å². The van der Waals surface area contributed by atoms with Gasteiger partial charge in [0.1, 0.15) is 46.9 Å². The van der Waals surface area contributed by atoms with Crippen molar-refractivity contribution in [2.45, 2.75) is 46.1 Å². The molecule has 2 aromatic carbocycles. The van der Waals surface area contributed by atoms with Crippen LogP contribution in [0.15, 0.2) is 66.5 Å². The number of nitrogens with zero attached hydrogens (tertiary/aromatic N) is 4. The highest BCUT2D eigenvalue weighted by Crippen LogP contribution is 2.28. The highest BCUT2D eigenvalue weighted by molar-refractivity contribution is 6.16. The number of carbonyl (C=O) groups excluding carboxylic acids is 1. The molecule has 208 valence electrons. The summed E-state index contributed by atoms with van der Waals surface area (Å²) < 4.78 is 20.7. The molecule has 0 bridgehead atoms. The summed E-state index contributed by atoms with van der Waals surface area (Å²) in [5.41, 5.74) is 6.15. The van der Waals surface area contributed by atoms with Gasteiger partial charge >= 0.3 is 0 Å². The van der Waals surface area contributed by atoms with Crippen LogP contribution in [0.5, 0.6) is 11.5 Å². The number of nitrogens with two attached hydrogens (primary N) is 1. The van der Waals surface area contributed by atoms with E-state index in [1.807, 2.05) is 24.3 Å². The van der Waals surface area contributed by atoms with E-state index in [4.69, 9.17) is 15.9 Å². The Hall–Kier alpha value is -4.78. The molecule has 10 heteroatoms. The maximum absolute atomic E-state index is 15.1. The Kier molecular flexibility index (Phi) is 10.7. The lowest BCUT2D eigenvalue weighted by Crippen LogP contribution is -2.40. The highest BCUT2D eigenvalue weighted by Gasteiger charge is 2.31. The first kappa shape index (κ1) is 29.8. The van der Waals surface area contributed by atoms with Crippen molar-refractivity contribution < 1.29 is 13.9 Å². The average molecular weight is 544 g/mol. The lowest BCUT2D eigenvalue weighted by Gasteiger charge is -2.25. The quantitative estimate of drug-likeness (QED) is 0.188. The van der Waals surface area contributed by atoms with Gasteiger partial charge in [0.2, 0.25) is 0 Å². The molecule has 1 fully saturated rings. The first-order valence-corrected chi connectivity index (χ1v) is 13.2. The third kappa shape index (κ3) is 7.20.